The first kappa shape index (κ1) is 18.5. The Labute approximate surface area is 164 Å². The minimum atomic E-state index is -0.312. The van der Waals surface area contributed by atoms with E-state index < -0.39 is 0 Å². The summed E-state index contributed by atoms with van der Waals surface area (Å²) in [7, 11) is 0. The van der Waals surface area contributed by atoms with Gasteiger partial charge in [-0.2, -0.15) is 4.52 Å². The third kappa shape index (κ3) is 3.75. The molecule has 146 valence electrons. The number of aryl methyl sites for hydroxylation is 1. The maximum Gasteiger partial charge on any atom is 0.275 e. The van der Waals surface area contributed by atoms with Crippen LogP contribution in [0.15, 0.2) is 35.1 Å². The molecule has 0 unspecified atom stereocenters. The van der Waals surface area contributed by atoms with Gasteiger partial charge in [-0.1, -0.05) is 29.5 Å². The van der Waals surface area contributed by atoms with Crippen LogP contribution in [0.4, 0.5) is 9.52 Å². The van der Waals surface area contributed by atoms with Gasteiger partial charge in [-0.15, -0.1) is 5.10 Å². The molecule has 9 heteroatoms. The van der Waals surface area contributed by atoms with Gasteiger partial charge >= 0.3 is 0 Å². The van der Waals surface area contributed by atoms with Crippen LogP contribution in [-0.2, 0) is 11.3 Å². The lowest BCUT2D eigenvalue weighted by Gasteiger charge is -2.30. The van der Waals surface area contributed by atoms with Crippen LogP contribution in [0.5, 0.6) is 0 Å². The van der Waals surface area contributed by atoms with Crippen molar-refractivity contribution >= 4 is 27.3 Å². The highest BCUT2D eigenvalue weighted by Gasteiger charge is 2.27. The molecule has 1 saturated heterocycles. The molecule has 1 aromatic carbocycles. The lowest BCUT2D eigenvalue weighted by atomic mass is 9.96. The van der Waals surface area contributed by atoms with Crippen molar-refractivity contribution in [3.05, 3.63) is 57.8 Å². The van der Waals surface area contributed by atoms with Gasteiger partial charge in [-0.25, -0.2) is 9.37 Å². The SMILES string of the molecule is Cc1cc(=O)n2nc(N3CCC(C(=O)NCc4ccccc4F)CC3)sc2n1. The Morgan fingerprint density at radius 1 is 1.32 bits per heavy atom. The van der Waals surface area contributed by atoms with E-state index in [1.807, 2.05) is 0 Å². The normalized spacial score (nSPS) is 15.1. The van der Waals surface area contributed by atoms with Gasteiger partial charge in [0.1, 0.15) is 5.82 Å². The summed E-state index contributed by atoms with van der Waals surface area (Å²) in [5.41, 5.74) is 0.967. The van der Waals surface area contributed by atoms with Crippen LogP contribution < -0.4 is 15.8 Å². The summed E-state index contributed by atoms with van der Waals surface area (Å²) in [6.07, 6.45) is 1.36. The molecule has 0 radical (unpaired) electrons. The van der Waals surface area contributed by atoms with Crippen LogP contribution in [0.3, 0.4) is 0 Å². The fraction of sp³-hybridized carbons (Fsp3) is 0.368. The number of hydrogen-bond acceptors (Lipinski definition) is 6. The number of nitrogens with zero attached hydrogens (tertiary/aromatic N) is 4. The minimum absolute atomic E-state index is 0.0549. The van der Waals surface area contributed by atoms with Crippen LogP contribution in [0.1, 0.15) is 24.1 Å². The van der Waals surface area contributed by atoms with E-state index in [1.165, 1.54) is 28.0 Å². The zero-order chi connectivity index (χ0) is 19.7. The number of aromatic nitrogens is 3. The second-order valence-electron chi connectivity index (χ2n) is 6.89. The first-order valence-corrected chi connectivity index (χ1v) is 9.96. The Hall–Kier alpha value is -2.81. The third-order valence-electron chi connectivity index (χ3n) is 4.91. The van der Waals surface area contributed by atoms with E-state index in [9.17, 15) is 14.0 Å². The molecule has 1 aliphatic heterocycles. The number of carbonyl (C=O) groups is 1. The molecular weight excluding hydrogens is 381 g/mol. The van der Waals surface area contributed by atoms with Gasteiger partial charge in [0.05, 0.1) is 0 Å². The molecule has 3 heterocycles. The fourth-order valence-electron chi connectivity index (χ4n) is 3.34. The molecule has 0 bridgehead atoms. The number of amides is 1. The molecule has 4 rings (SSSR count). The standard InChI is InChI=1S/C19H20FN5O2S/c1-12-10-16(26)25-18(22-12)28-19(23-25)24-8-6-13(7-9-24)17(27)21-11-14-4-2-3-5-15(14)20/h2-5,10,13H,6-9,11H2,1H3,(H,21,27). The Morgan fingerprint density at radius 3 is 2.82 bits per heavy atom. The number of rotatable bonds is 4. The second-order valence-corrected chi connectivity index (χ2v) is 7.82. The van der Waals surface area contributed by atoms with E-state index in [0.29, 0.717) is 42.1 Å². The monoisotopic (exact) mass is 401 g/mol. The number of benzene rings is 1. The van der Waals surface area contributed by atoms with E-state index in [2.05, 4.69) is 20.3 Å². The van der Waals surface area contributed by atoms with E-state index in [0.717, 1.165) is 5.13 Å². The number of anilines is 1. The van der Waals surface area contributed by atoms with Gasteiger partial charge in [0.15, 0.2) is 0 Å². The molecule has 3 aromatic rings. The summed E-state index contributed by atoms with van der Waals surface area (Å²) in [6.45, 7) is 3.32. The highest BCUT2D eigenvalue weighted by Crippen LogP contribution is 2.27. The topological polar surface area (TPSA) is 79.6 Å². The quantitative estimate of drug-likeness (QED) is 0.725. The summed E-state index contributed by atoms with van der Waals surface area (Å²) in [4.78, 5) is 31.5. The average Bonchev–Trinajstić information content (AvgIpc) is 3.11. The Morgan fingerprint density at radius 2 is 2.07 bits per heavy atom. The molecule has 1 aliphatic rings. The molecule has 1 fully saturated rings. The first-order valence-electron chi connectivity index (χ1n) is 9.15. The molecule has 28 heavy (non-hydrogen) atoms. The lowest BCUT2D eigenvalue weighted by Crippen LogP contribution is -2.40. The maximum atomic E-state index is 13.7. The van der Waals surface area contributed by atoms with Crippen molar-refractivity contribution in [1.82, 2.24) is 19.9 Å². The Kier molecular flexibility index (Phi) is 5.08. The zero-order valence-electron chi connectivity index (χ0n) is 15.4. The van der Waals surface area contributed by atoms with Crippen molar-refractivity contribution in [2.45, 2.75) is 26.3 Å². The summed E-state index contributed by atoms with van der Waals surface area (Å²) < 4.78 is 15.0. The van der Waals surface area contributed by atoms with Gasteiger partial charge in [0, 0.05) is 42.9 Å². The number of hydrogen-bond donors (Lipinski definition) is 1. The van der Waals surface area contributed by atoms with Crippen LogP contribution in [-0.4, -0.2) is 33.6 Å². The molecular formula is C19H20FN5O2S. The van der Waals surface area contributed by atoms with E-state index in [4.69, 9.17) is 0 Å². The van der Waals surface area contributed by atoms with Crippen LogP contribution in [0.25, 0.3) is 4.96 Å². The molecule has 2 aromatic heterocycles. The maximum absolute atomic E-state index is 13.7. The highest BCUT2D eigenvalue weighted by molar-refractivity contribution is 7.20. The van der Waals surface area contributed by atoms with Gasteiger partial charge in [-0.05, 0) is 25.8 Å². The zero-order valence-corrected chi connectivity index (χ0v) is 16.2. The highest BCUT2D eigenvalue weighted by atomic mass is 32.1. The average molecular weight is 401 g/mol. The number of fused-ring (bicyclic) bond motifs is 1. The number of piperidine rings is 1. The third-order valence-corrected chi connectivity index (χ3v) is 5.88. The van der Waals surface area contributed by atoms with Crippen LogP contribution in [0, 0.1) is 18.7 Å². The molecule has 0 aliphatic carbocycles. The van der Waals surface area contributed by atoms with Gasteiger partial charge < -0.3 is 10.2 Å². The lowest BCUT2D eigenvalue weighted by molar-refractivity contribution is -0.125. The van der Waals surface area contributed by atoms with Gasteiger partial charge in [-0.3, -0.25) is 9.59 Å². The fourth-order valence-corrected chi connectivity index (χ4v) is 4.34. The molecule has 0 spiro atoms. The van der Waals surface area contributed by atoms with Crippen molar-refractivity contribution in [2.75, 3.05) is 18.0 Å². The van der Waals surface area contributed by atoms with E-state index in [1.54, 1.807) is 25.1 Å². The largest absolute Gasteiger partial charge is 0.352 e. The van der Waals surface area contributed by atoms with Crippen molar-refractivity contribution in [3.8, 4) is 0 Å². The Balaban J connectivity index is 1.36. The van der Waals surface area contributed by atoms with E-state index >= 15 is 0 Å². The number of carbonyl (C=O) groups excluding carboxylic acids is 1. The molecule has 0 atom stereocenters. The molecule has 0 saturated carbocycles. The predicted octanol–water partition coefficient (Wildman–Crippen LogP) is 2.13. The predicted molar refractivity (Wildman–Crippen MR) is 105 cm³/mol. The minimum Gasteiger partial charge on any atom is -0.352 e. The number of nitrogens with one attached hydrogen (secondary N) is 1. The second kappa shape index (κ2) is 7.67. The van der Waals surface area contributed by atoms with Crippen molar-refractivity contribution < 1.29 is 9.18 Å². The summed E-state index contributed by atoms with van der Waals surface area (Å²) in [5, 5.41) is 7.95. The molecule has 1 N–H and O–H groups in total. The Bertz CT molecular complexity index is 1070. The van der Waals surface area contributed by atoms with Crippen molar-refractivity contribution in [1.29, 1.82) is 0 Å². The van der Waals surface area contributed by atoms with E-state index in [-0.39, 0.29) is 29.7 Å². The molecule has 1 amide bonds. The first-order chi connectivity index (χ1) is 13.5. The van der Waals surface area contributed by atoms with Crippen LogP contribution in [0.2, 0.25) is 0 Å². The van der Waals surface area contributed by atoms with Gasteiger partial charge in [0.25, 0.3) is 5.56 Å². The van der Waals surface area contributed by atoms with Gasteiger partial charge in [0.2, 0.25) is 16.0 Å². The number of halogens is 1. The van der Waals surface area contributed by atoms with Crippen LogP contribution >= 0.6 is 11.3 Å². The smallest absolute Gasteiger partial charge is 0.275 e. The van der Waals surface area contributed by atoms with Crippen molar-refractivity contribution in [3.63, 3.8) is 0 Å². The summed E-state index contributed by atoms with van der Waals surface area (Å²) in [6, 6.07) is 7.90. The summed E-state index contributed by atoms with van der Waals surface area (Å²) >= 11 is 1.38. The van der Waals surface area contributed by atoms with Crippen molar-refractivity contribution in [2.24, 2.45) is 5.92 Å². The summed E-state index contributed by atoms with van der Waals surface area (Å²) in [5.74, 6) is -0.478. The molecule has 7 nitrogen and oxygen atoms in total.